The fraction of sp³-hybridized carbons (Fsp3) is 0.536. The van der Waals surface area contributed by atoms with Crippen molar-refractivity contribution in [1.29, 1.82) is 0 Å². The van der Waals surface area contributed by atoms with Crippen LogP contribution in [0.4, 0.5) is 23.1 Å². The van der Waals surface area contributed by atoms with E-state index < -0.39 is 5.97 Å². The Kier molecular flexibility index (Phi) is 8.79. The number of amides is 2. The SMILES string of the molecule is CCN1CCN(CC(=O)OCCOC)C(=O)c2ccc(Nc3ncc(Cl)c(N[C@H]4[C@@H]5CC[C@@H](C5)[C@H]4C(N)=O)n3)cc21. The number of aromatic nitrogens is 2. The van der Waals surface area contributed by atoms with Crippen LogP contribution in [0.1, 0.15) is 36.5 Å². The van der Waals surface area contributed by atoms with Crippen LogP contribution in [0.15, 0.2) is 24.4 Å². The molecule has 0 spiro atoms. The van der Waals surface area contributed by atoms with Gasteiger partial charge in [0.2, 0.25) is 11.9 Å². The Hall–Kier alpha value is -3.64. The number of hydrogen-bond donors (Lipinski definition) is 3. The van der Waals surface area contributed by atoms with Gasteiger partial charge in [-0.3, -0.25) is 14.4 Å². The van der Waals surface area contributed by atoms with Gasteiger partial charge in [0.05, 0.1) is 30.0 Å². The molecule has 2 amide bonds. The molecule has 5 rings (SSSR count). The van der Waals surface area contributed by atoms with E-state index in [-0.39, 0.29) is 36.9 Å². The number of rotatable bonds is 11. The number of esters is 1. The third kappa shape index (κ3) is 6.18. The largest absolute Gasteiger partial charge is 0.462 e. The summed E-state index contributed by atoms with van der Waals surface area (Å²) >= 11 is 6.44. The standard InChI is InChI=1S/C28H36ClN7O5/c1-3-35-8-9-36(15-22(37)41-11-10-40-2)27(39)19-7-6-18(13-21(19)35)32-28-31-14-20(29)26(34-28)33-24-17-5-4-16(12-17)23(24)25(30)38/h6-7,13-14,16-17,23-24H,3-5,8-12,15H2,1-2H3,(H2,30,38)(H2,31,32,33,34)/t16-,17+,23+,24-/m0/s1. The summed E-state index contributed by atoms with van der Waals surface area (Å²) in [5.41, 5.74) is 7.66. The van der Waals surface area contributed by atoms with Crippen molar-refractivity contribution in [3.05, 3.63) is 35.0 Å². The first-order chi connectivity index (χ1) is 19.8. The van der Waals surface area contributed by atoms with Gasteiger partial charge in [0.25, 0.3) is 5.91 Å². The molecule has 2 aliphatic carbocycles. The van der Waals surface area contributed by atoms with Crippen LogP contribution < -0.4 is 21.3 Å². The van der Waals surface area contributed by atoms with E-state index in [2.05, 4.69) is 25.5 Å². The van der Waals surface area contributed by atoms with Gasteiger partial charge in [0.1, 0.15) is 18.2 Å². The topological polar surface area (TPSA) is 152 Å². The van der Waals surface area contributed by atoms with Gasteiger partial charge < -0.3 is 35.6 Å². The lowest BCUT2D eigenvalue weighted by Crippen LogP contribution is -2.42. The minimum atomic E-state index is -0.475. The molecule has 13 heteroatoms. The predicted octanol–water partition coefficient (Wildman–Crippen LogP) is 2.66. The number of likely N-dealkylation sites (N-methyl/N-ethyl adjacent to an activating group) is 1. The number of primary amides is 1. The maximum absolute atomic E-state index is 13.4. The van der Waals surface area contributed by atoms with E-state index in [1.54, 1.807) is 12.1 Å². The molecule has 3 aliphatic rings. The van der Waals surface area contributed by atoms with Crippen molar-refractivity contribution >= 4 is 52.5 Å². The number of nitrogens with zero attached hydrogens (tertiary/aromatic N) is 4. The summed E-state index contributed by atoms with van der Waals surface area (Å²) in [5, 5.41) is 6.96. The van der Waals surface area contributed by atoms with Crippen molar-refractivity contribution in [1.82, 2.24) is 14.9 Å². The normalized spacial score (nSPS) is 23.2. The molecular formula is C28H36ClN7O5. The molecule has 0 unspecified atom stereocenters. The summed E-state index contributed by atoms with van der Waals surface area (Å²) in [7, 11) is 1.53. The van der Waals surface area contributed by atoms with Crippen LogP contribution in [-0.2, 0) is 19.1 Å². The van der Waals surface area contributed by atoms with E-state index in [1.165, 1.54) is 18.2 Å². The zero-order valence-electron chi connectivity index (χ0n) is 23.3. The lowest BCUT2D eigenvalue weighted by atomic mass is 9.84. The van der Waals surface area contributed by atoms with Crippen LogP contribution in [0.5, 0.6) is 0 Å². The second-order valence-corrected chi connectivity index (χ2v) is 11.1. The second-order valence-electron chi connectivity index (χ2n) is 10.7. The van der Waals surface area contributed by atoms with E-state index in [4.69, 9.17) is 26.8 Å². The molecule has 0 radical (unpaired) electrons. The van der Waals surface area contributed by atoms with E-state index in [0.717, 1.165) is 24.9 Å². The van der Waals surface area contributed by atoms with Gasteiger partial charge >= 0.3 is 5.97 Å². The number of nitrogens with one attached hydrogen (secondary N) is 2. The minimum absolute atomic E-state index is 0.108. The van der Waals surface area contributed by atoms with E-state index in [1.807, 2.05) is 13.0 Å². The molecular weight excluding hydrogens is 550 g/mol. The van der Waals surface area contributed by atoms with Crippen molar-refractivity contribution in [2.24, 2.45) is 23.5 Å². The Morgan fingerprint density at radius 2 is 1.95 bits per heavy atom. The molecule has 2 aromatic rings. The number of carbonyl (C=O) groups is 3. The Labute approximate surface area is 243 Å². The highest BCUT2D eigenvalue weighted by Crippen LogP contribution is 2.49. The molecule has 220 valence electrons. The zero-order chi connectivity index (χ0) is 29.1. The molecule has 4 atom stereocenters. The van der Waals surface area contributed by atoms with Crippen LogP contribution in [0.25, 0.3) is 0 Å². The molecule has 1 aliphatic heterocycles. The first kappa shape index (κ1) is 28.9. The predicted molar refractivity (Wildman–Crippen MR) is 154 cm³/mol. The summed E-state index contributed by atoms with van der Waals surface area (Å²) < 4.78 is 10.1. The van der Waals surface area contributed by atoms with Crippen molar-refractivity contribution in [2.75, 3.05) is 62.0 Å². The fourth-order valence-corrected chi connectivity index (χ4v) is 6.47. The highest BCUT2D eigenvalue weighted by molar-refractivity contribution is 6.32. The Morgan fingerprint density at radius 3 is 2.71 bits per heavy atom. The first-order valence-electron chi connectivity index (χ1n) is 14.0. The number of ether oxygens (including phenoxy) is 2. The molecule has 2 bridgehead atoms. The van der Waals surface area contributed by atoms with Gasteiger partial charge in [-0.15, -0.1) is 0 Å². The van der Waals surface area contributed by atoms with Gasteiger partial charge in [-0.2, -0.15) is 4.98 Å². The van der Waals surface area contributed by atoms with E-state index >= 15 is 0 Å². The number of methoxy groups -OCH3 is 1. The van der Waals surface area contributed by atoms with Crippen LogP contribution in [0.3, 0.4) is 0 Å². The summed E-state index contributed by atoms with van der Waals surface area (Å²) in [6.45, 7) is 3.93. The Bertz CT molecular complexity index is 1310. The van der Waals surface area contributed by atoms with Crippen molar-refractivity contribution in [3.8, 4) is 0 Å². The molecule has 2 heterocycles. The molecule has 0 saturated heterocycles. The van der Waals surface area contributed by atoms with Crippen LogP contribution in [-0.4, -0.2) is 85.2 Å². The van der Waals surface area contributed by atoms with Crippen LogP contribution in [0, 0.1) is 17.8 Å². The van der Waals surface area contributed by atoms with Gasteiger partial charge in [-0.25, -0.2) is 4.98 Å². The van der Waals surface area contributed by atoms with Crippen molar-refractivity contribution in [3.63, 3.8) is 0 Å². The molecule has 4 N–H and O–H groups in total. The number of halogens is 1. The third-order valence-electron chi connectivity index (χ3n) is 8.30. The highest BCUT2D eigenvalue weighted by atomic mass is 35.5. The highest BCUT2D eigenvalue weighted by Gasteiger charge is 2.50. The molecule has 2 saturated carbocycles. The van der Waals surface area contributed by atoms with Gasteiger partial charge in [-0.05, 0) is 56.2 Å². The summed E-state index contributed by atoms with van der Waals surface area (Å²) in [6.07, 6.45) is 4.56. The van der Waals surface area contributed by atoms with Gasteiger partial charge in [0.15, 0.2) is 5.82 Å². The average molecular weight is 586 g/mol. The zero-order valence-corrected chi connectivity index (χ0v) is 24.0. The summed E-state index contributed by atoms with van der Waals surface area (Å²) in [4.78, 5) is 50.3. The lowest BCUT2D eigenvalue weighted by molar-refractivity contribution is -0.145. The molecule has 41 heavy (non-hydrogen) atoms. The maximum atomic E-state index is 13.4. The smallest absolute Gasteiger partial charge is 0.325 e. The quantitative estimate of drug-likeness (QED) is 0.265. The van der Waals surface area contributed by atoms with E-state index in [0.29, 0.717) is 66.1 Å². The number of benzene rings is 1. The fourth-order valence-electron chi connectivity index (χ4n) is 6.33. The summed E-state index contributed by atoms with van der Waals surface area (Å²) in [6, 6.07) is 5.28. The number of nitrogens with two attached hydrogens (primary N) is 1. The Balaban J connectivity index is 1.32. The molecule has 2 fully saturated rings. The first-order valence-corrected chi connectivity index (χ1v) is 14.3. The Morgan fingerprint density at radius 1 is 1.17 bits per heavy atom. The monoisotopic (exact) mass is 585 g/mol. The van der Waals surface area contributed by atoms with Crippen molar-refractivity contribution < 1.29 is 23.9 Å². The van der Waals surface area contributed by atoms with Gasteiger partial charge in [-0.1, -0.05) is 11.6 Å². The van der Waals surface area contributed by atoms with Crippen molar-refractivity contribution in [2.45, 2.75) is 32.2 Å². The third-order valence-corrected chi connectivity index (χ3v) is 8.57. The summed E-state index contributed by atoms with van der Waals surface area (Å²) in [5.74, 6) is 0.167. The average Bonchev–Trinajstić information content (AvgIpc) is 3.53. The van der Waals surface area contributed by atoms with Gasteiger partial charge in [0, 0.05) is 38.5 Å². The second kappa shape index (κ2) is 12.5. The lowest BCUT2D eigenvalue weighted by Gasteiger charge is -2.30. The number of anilines is 4. The molecule has 1 aromatic heterocycles. The van der Waals surface area contributed by atoms with Crippen LogP contribution >= 0.6 is 11.6 Å². The van der Waals surface area contributed by atoms with Crippen LogP contribution in [0.2, 0.25) is 5.02 Å². The molecule has 1 aromatic carbocycles. The maximum Gasteiger partial charge on any atom is 0.325 e. The number of carbonyl (C=O) groups excluding carboxylic acids is 3. The van der Waals surface area contributed by atoms with E-state index in [9.17, 15) is 14.4 Å². The molecule has 12 nitrogen and oxygen atoms in total. The number of hydrogen-bond acceptors (Lipinski definition) is 10. The minimum Gasteiger partial charge on any atom is -0.462 e. The number of fused-ring (bicyclic) bond motifs is 3.